The lowest BCUT2D eigenvalue weighted by Crippen LogP contribution is -2.28. The number of rotatable bonds is 51. The van der Waals surface area contributed by atoms with Crippen LogP contribution in [0, 0.1) is 0 Å². The van der Waals surface area contributed by atoms with Crippen molar-refractivity contribution in [3.05, 3.63) is 85.1 Å². The Morgan fingerprint density at radius 2 is 0.652 bits per heavy atom. The van der Waals surface area contributed by atoms with Gasteiger partial charge in [-0.05, 0) is 89.9 Å². The lowest BCUT2D eigenvalue weighted by atomic mass is 10.0. The molecule has 0 aromatic carbocycles. The first-order valence-corrected chi connectivity index (χ1v) is 28.1. The molecular formula is C61H106O5. The smallest absolute Gasteiger partial charge is 0.306 e. The number of ether oxygens (including phenoxy) is 2. The molecule has 1 N–H and O–H groups in total. The molecule has 0 aromatic rings. The van der Waals surface area contributed by atoms with E-state index in [1.54, 1.807) is 0 Å². The highest BCUT2D eigenvalue weighted by molar-refractivity contribution is 5.70. The van der Waals surface area contributed by atoms with E-state index in [-0.39, 0.29) is 25.2 Å². The van der Waals surface area contributed by atoms with E-state index in [1.807, 2.05) is 0 Å². The predicted octanol–water partition coefficient (Wildman–Crippen LogP) is 19.0. The van der Waals surface area contributed by atoms with Crippen LogP contribution in [0.3, 0.4) is 0 Å². The van der Waals surface area contributed by atoms with Crippen molar-refractivity contribution < 1.29 is 24.2 Å². The number of unbranched alkanes of at least 4 members (excludes halogenated alkanes) is 29. The molecule has 0 amide bonds. The summed E-state index contributed by atoms with van der Waals surface area (Å²) in [7, 11) is 0. The summed E-state index contributed by atoms with van der Waals surface area (Å²) in [4.78, 5) is 24.5. The Morgan fingerprint density at radius 1 is 0.364 bits per heavy atom. The molecule has 0 aliphatic rings. The molecule has 5 nitrogen and oxygen atoms in total. The van der Waals surface area contributed by atoms with Crippen LogP contribution >= 0.6 is 0 Å². The maximum atomic E-state index is 12.3. The van der Waals surface area contributed by atoms with Gasteiger partial charge in [-0.25, -0.2) is 0 Å². The average Bonchev–Trinajstić information content (AvgIpc) is 3.32. The molecule has 1 unspecified atom stereocenters. The summed E-state index contributed by atoms with van der Waals surface area (Å²) in [5.74, 6) is -0.599. The monoisotopic (exact) mass is 919 g/mol. The van der Waals surface area contributed by atoms with Gasteiger partial charge in [0.15, 0.2) is 6.10 Å². The topological polar surface area (TPSA) is 72.8 Å². The van der Waals surface area contributed by atoms with Gasteiger partial charge in [0.2, 0.25) is 0 Å². The van der Waals surface area contributed by atoms with Crippen molar-refractivity contribution in [3.8, 4) is 0 Å². The molecule has 5 heteroatoms. The number of aliphatic hydroxyl groups excluding tert-OH is 1. The molecule has 0 radical (unpaired) electrons. The minimum Gasteiger partial charge on any atom is -0.462 e. The first-order valence-electron chi connectivity index (χ1n) is 28.1. The SMILES string of the molecule is CC/C=C\C/C=C\C/C=C\C/C=C\CCCCCCCCCCCCCCCCCCCCCCC(=O)OC(CO)COC(=O)CCCCCCCC/C=C\C/C=C\C/C=C\CCCCC. The Balaban J connectivity index is 3.47. The van der Waals surface area contributed by atoms with E-state index in [0.717, 1.165) is 83.5 Å². The molecule has 0 aromatic heterocycles. The van der Waals surface area contributed by atoms with Gasteiger partial charge in [0.25, 0.3) is 0 Å². The van der Waals surface area contributed by atoms with E-state index in [9.17, 15) is 14.7 Å². The van der Waals surface area contributed by atoms with Crippen LogP contribution in [0.25, 0.3) is 0 Å². The number of esters is 2. The molecule has 0 aliphatic heterocycles. The zero-order valence-electron chi connectivity index (χ0n) is 43.4. The highest BCUT2D eigenvalue weighted by atomic mass is 16.6. The molecule has 0 fully saturated rings. The summed E-state index contributed by atoms with van der Waals surface area (Å²) < 4.78 is 10.7. The summed E-state index contributed by atoms with van der Waals surface area (Å²) in [5.41, 5.74) is 0. The van der Waals surface area contributed by atoms with Gasteiger partial charge in [0, 0.05) is 12.8 Å². The van der Waals surface area contributed by atoms with Crippen molar-refractivity contribution in [2.45, 2.75) is 277 Å². The van der Waals surface area contributed by atoms with Crippen LogP contribution in [-0.4, -0.2) is 36.4 Å². The van der Waals surface area contributed by atoms with E-state index in [4.69, 9.17) is 9.47 Å². The first kappa shape index (κ1) is 63.1. The van der Waals surface area contributed by atoms with Gasteiger partial charge in [-0.2, -0.15) is 0 Å². The molecule has 0 saturated heterocycles. The van der Waals surface area contributed by atoms with Crippen molar-refractivity contribution in [2.24, 2.45) is 0 Å². The van der Waals surface area contributed by atoms with Gasteiger partial charge < -0.3 is 14.6 Å². The van der Waals surface area contributed by atoms with Gasteiger partial charge in [-0.15, -0.1) is 0 Å². The summed E-state index contributed by atoms with van der Waals surface area (Å²) in [6.07, 6.45) is 78.4. The Kier molecular flexibility index (Phi) is 53.9. The molecule has 0 aliphatic carbocycles. The number of carbonyl (C=O) groups is 2. The Morgan fingerprint density at radius 3 is 0.985 bits per heavy atom. The van der Waals surface area contributed by atoms with Crippen LogP contribution in [0.4, 0.5) is 0 Å². The van der Waals surface area contributed by atoms with Crippen molar-refractivity contribution in [1.29, 1.82) is 0 Å². The number of hydrogen-bond acceptors (Lipinski definition) is 5. The molecule has 66 heavy (non-hydrogen) atoms. The minimum atomic E-state index is -0.780. The standard InChI is InChI=1S/C61H106O5/c1-3-5-7-9-11-13-15-17-19-21-23-24-25-26-27-28-29-30-31-32-33-34-35-36-38-40-42-44-46-48-50-52-54-56-61(64)66-59(57-62)58-65-60(63)55-53-51-49-47-45-43-41-39-37-22-20-18-16-14-12-10-8-6-4-2/h5,7,11-14,17-20,23-24,37,39,59,62H,3-4,6,8-10,15-16,21-22,25-36,38,40-58H2,1-2H3/b7-5-,13-11-,14-12-,19-17-,20-18-,24-23-,39-37-. The van der Waals surface area contributed by atoms with Gasteiger partial charge in [-0.1, -0.05) is 253 Å². The summed E-state index contributed by atoms with van der Waals surface area (Å²) in [5, 5.41) is 9.64. The van der Waals surface area contributed by atoms with E-state index in [2.05, 4.69) is 98.9 Å². The normalized spacial score (nSPS) is 12.8. The van der Waals surface area contributed by atoms with Gasteiger partial charge >= 0.3 is 11.9 Å². The molecule has 1 atom stereocenters. The Labute approximate surface area is 409 Å². The minimum absolute atomic E-state index is 0.0733. The Bertz CT molecular complexity index is 1220. The molecule has 0 spiro atoms. The lowest BCUT2D eigenvalue weighted by Gasteiger charge is -2.15. The second kappa shape index (κ2) is 56.4. The van der Waals surface area contributed by atoms with Crippen LogP contribution in [0.15, 0.2) is 85.1 Å². The second-order valence-electron chi connectivity index (χ2n) is 18.6. The largest absolute Gasteiger partial charge is 0.462 e. The molecular weight excluding hydrogens is 813 g/mol. The van der Waals surface area contributed by atoms with E-state index in [1.165, 1.54) is 161 Å². The van der Waals surface area contributed by atoms with Crippen LogP contribution in [-0.2, 0) is 19.1 Å². The van der Waals surface area contributed by atoms with Gasteiger partial charge in [0.1, 0.15) is 6.61 Å². The highest BCUT2D eigenvalue weighted by Gasteiger charge is 2.16. The van der Waals surface area contributed by atoms with Gasteiger partial charge in [-0.3, -0.25) is 9.59 Å². The molecule has 0 bridgehead atoms. The number of allylic oxidation sites excluding steroid dienone is 14. The van der Waals surface area contributed by atoms with Crippen LogP contribution in [0.1, 0.15) is 271 Å². The highest BCUT2D eigenvalue weighted by Crippen LogP contribution is 2.16. The first-order chi connectivity index (χ1) is 32.6. The molecule has 380 valence electrons. The summed E-state index contributed by atoms with van der Waals surface area (Å²) >= 11 is 0. The average molecular weight is 920 g/mol. The number of carbonyl (C=O) groups excluding carboxylic acids is 2. The summed E-state index contributed by atoms with van der Waals surface area (Å²) in [6, 6.07) is 0. The van der Waals surface area contributed by atoms with Crippen molar-refractivity contribution in [3.63, 3.8) is 0 Å². The lowest BCUT2D eigenvalue weighted by molar-refractivity contribution is -0.161. The van der Waals surface area contributed by atoms with Crippen molar-refractivity contribution >= 4 is 11.9 Å². The van der Waals surface area contributed by atoms with Crippen LogP contribution < -0.4 is 0 Å². The Hall–Kier alpha value is -2.92. The fourth-order valence-electron chi connectivity index (χ4n) is 7.97. The number of hydrogen-bond donors (Lipinski definition) is 1. The van der Waals surface area contributed by atoms with Crippen LogP contribution in [0.2, 0.25) is 0 Å². The second-order valence-corrected chi connectivity index (χ2v) is 18.6. The maximum absolute atomic E-state index is 12.3. The van der Waals surface area contributed by atoms with E-state index >= 15 is 0 Å². The van der Waals surface area contributed by atoms with Gasteiger partial charge in [0.05, 0.1) is 6.61 Å². The maximum Gasteiger partial charge on any atom is 0.306 e. The van der Waals surface area contributed by atoms with Crippen molar-refractivity contribution in [1.82, 2.24) is 0 Å². The van der Waals surface area contributed by atoms with Crippen LogP contribution in [0.5, 0.6) is 0 Å². The molecule has 0 heterocycles. The molecule has 0 saturated carbocycles. The van der Waals surface area contributed by atoms with E-state index < -0.39 is 6.10 Å². The third-order valence-corrected chi connectivity index (χ3v) is 12.2. The third kappa shape index (κ3) is 53.7. The fraction of sp³-hybridized carbons (Fsp3) is 0.738. The summed E-state index contributed by atoms with van der Waals surface area (Å²) in [6.45, 7) is 4.01. The van der Waals surface area contributed by atoms with Crippen molar-refractivity contribution in [2.75, 3.05) is 13.2 Å². The quantitative estimate of drug-likeness (QED) is 0.0374. The number of aliphatic hydroxyl groups is 1. The zero-order chi connectivity index (χ0) is 47.7. The zero-order valence-corrected chi connectivity index (χ0v) is 43.4. The fourth-order valence-corrected chi connectivity index (χ4v) is 7.97. The van der Waals surface area contributed by atoms with E-state index in [0.29, 0.717) is 12.8 Å². The predicted molar refractivity (Wildman–Crippen MR) is 288 cm³/mol. The molecule has 0 rings (SSSR count). The third-order valence-electron chi connectivity index (χ3n) is 12.2.